The third-order valence-electron chi connectivity index (χ3n) is 4.63. The molecule has 2 aromatic carbocycles. The summed E-state index contributed by atoms with van der Waals surface area (Å²) in [6.07, 6.45) is 3.58. The van der Waals surface area contributed by atoms with E-state index in [-0.39, 0.29) is 28.9 Å². The number of halogens is 3. The predicted molar refractivity (Wildman–Crippen MR) is 116 cm³/mol. The van der Waals surface area contributed by atoms with E-state index < -0.39 is 9.84 Å². The van der Waals surface area contributed by atoms with Crippen LogP contribution in [0.25, 0.3) is 0 Å². The highest BCUT2D eigenvalue weighted by Crippen LogP contribution is 2.37. The third-order valence-corrected chi connectivity index (χ3v) is 6.54. The average Bonchev–Trinajstić information content (AvgIpc) is 2.64. The summed E-state index contributed by atoms with van der Waals surface area (Å²) in [6, 6.07) is 7.83. The smallest absolute Gasteiger partial charge is 0.227 e. The van der Waals surface area contributed by atoms with Crippen LogP contribution < -0.4 is 9.64 Å². The SMILES string of the molecule is CS(=O)(=O)c1ccc(OCCCC(=O)N2CCCc3cc(Cl)cc(Cl)c32)c(Cl)c1. The Morgan fingerprint density at radius 3 is 2.59 bits per heavy atom. The van der Waals surface area contributed by atoms with Crippen molar-refractivity contribution in [3.8, 4) is 5.75 Å². The number of rotatable bonds is 6. The first kappa shape index (κ1) is 22.2. The molecule has 0 fully saturated rings. The summed E-state index contributed by atoms with van der Waals surface area (Å²) in [5.74, 6) is 0.352. The lowest BCUT2D eigenvalue weighted by Crippen LogP contribution is -2.35. The van der Waals surface area contributed by atoms with Crippen molar-refractivity contribution in [2.24, 2.45) is 0 Å². The van der Waals surface area contributed by atoms with Gasteiger partial charge in [0.15, 0.2) is 9.84 Å². The standard InChI is InChI=1S/C20H20Cl3NO4S/c1-29(26,27)15-6-7-18(16(22)12-15)28-9-3-5-19(25)24-8-2-4-13-10-14(21)11-17(23)20(13)24/h6-7,10-12H,2-5,8-9H2,1H3. The highest BCUT2D eigenvalue weighted by Gasteiger charge is 2.25. The summed E-state index contributed by atoms with van der Waals surface area (Å²) in [7, 11) is -3.33. The Labute approximate surface area is 185 Å². The Kier molecular flexibility index (Phi) is 6.99. The molecule has 0 aromatic heterocycles. The number of amides is 1. The second-order valence-electron chi connectivity index (χ2n) is 6.86. The molecule has 0 N–H and O–H groups in total. The first-order valence-electron chi connectivity index (χ1n) is 9.07. The van der Waals surface area contributed by atoms with Crippen molar-refractivity contribution in [1.82, 2.24) is 0 Å². The lowest BCUT2D eigenvalue weighted by molar-refractivity contribution is -0.118. The zero-order chi connectivity index (χ0) is 21.2. The number of carbonyl (C=O) groups is 1. The van der Waals surface area contributed by atoms with Gasteiger partial charge in [-0.25, -0.2) is 8.42 Å². The van der Waals surface area contributed by atoms with Gasteiger partial charge in [0.2, 0.25) is 5.91 Å². The molecule has 0 unspecified atom stereocenters. The van der Waals surface area contributed by atoms with Crippen LogP contribution in [0, 0.1) is 0 Å². The molecule has 0 spiro atoms. The molecule has 1 heterocycles. The molecule has 3 rings (SSSR count). The number of ether oxygens (including phenoxy) is 1. The third kappa shape index (κ3) is 5.37. The Bertz CT molecular complexity index is 1040. The number of nitrogens with zero attached hydrogens (tertiary/aromatic N) is 1. The quantitative estimate of drug-likeness (QED) is 0.538. The molecule has 5 nitrogen and oxygen atoms in total. The number of benzene rings is 2. The molecular formula is C20H20Cl3NO4S. The highest BCUT2D eigenvalue weighted by molar-refractivity contribution is 7.90. The van der Waals surface area contributed by atoms with E-state index in [0.29, 0.717) is 28.8 Å². The Morgan fingerprint density at radius 2 is 1.90 bits per heavy atom. The van der Waals surface area contributed by atoms with Gasteiger partial charge in [-0.2, -0.15) is 0 Å². The second-order valence-corrected chi connectivity index (χ2v) is 10.1. The van der Waals surface area contributed by atoms with E-state index in [9.17, 15) is 13.2 Å². The zero-order valence-electron chi connectivity index (χ0n) is 15.8. The first-order valence-corrected chi connectivity index (χ1v) is 12.1. The maximum Gasteiger partial charge on any atom is 0.227 e. The van der Waals surface area contributed by atoms with Crippen molar-refractivity contribution < 1.29 is 17.9 Å². The Morgan fingerprint density at radius 1 is 1.14 bits per heavy atom. The molecule has 29 heavy (non-hydrogen) atoms. The first-order chi connectivity index (χ1) is 13.7. The van der Waals surface area contributed by atoms with Gasteiger partial charge in [-0.3, -0.25) is 4.79 Å². The fourth-order valence-corrected chi connectivity index (χ4v) is 4.86. The minimum absolute atomic E-state index is 0.0303. The summed E-state index contributed by atoms with van der Waals surface area (Å²) in [6.45, 7) is 0.894. The lowest BCUT2D eigenvalue weighted by atomic mass is 10.0. The molecule has 1 aliphatic heterocycles. The van der Waals surface area contributed by atoms with E-state index in [1.165, 1.54) is 18.2 Å². The topological polar surface area (TPSA) is 63.7 Å². The fraction of sp³-hybridized carbons (Fsp3) is 0.350. The van der Waals surface area contributed by atoms with Crippen LogP contribution in [0.1, 0.15) is 24.8 Å². The summed E-state index contributed by atoms with van der Waals surface area (Å²) >= 11 is 18.5. The van der Waals surface area contributed by atoms with E-state index in [2.05, 4.69) is 0 Å². The molecule has 156 valence electrons. The molecule has 2 aromatic rings. The van der Waals surface area contributed by atoms with Gasteiger partial charge in [0, 0.05) is 24.2 Å². The number of anilines is 1. The average molecular weight is 477 g/mol. The summed E-state index contributed by atoms with van der Waals surface area (Å²) in [5, 5.41) is 1.26. The predicted octanol–water partition coefficient (Wildman–Crippen LogP) is 5.19. The van der Waals surface area contributed by atoms with Gasteiger partial charge in [-0.05, 0) is 55.2 Å². The van der Waals surface area contributed by atoms with Crippen LogP contribution in [-0.2, 0) is 21.1 Å². The number of carbonyl (C=O) groups excluding carboxylic acids is 1. The molecule has 0 bridgehead atoms. The van der Waals surface area contributed by atoms with Crippen molar-refractivity contribution in [3.05, 3.63) is 51.0 Å². The number of aryl methyl sites for hydroxylation is 1. The van der Waals surface area contributed by atoms with Gasteiger partial charge >= 0.3 is 0 Å². The van der Waals surface area contributed by atoms with Crippen LogP contribution in [0.4, 0.5) is 5.69 Å². The minimum Gasteiger partial charge on any atom is -0.492 e. The molecule has 0 saturated heterocycles. The Balaban J connectivity index is 1.58. The van der Waals surface area contributed by atoms with E-state index >= 15 is 0 Å². The van der Waals surface area contributed by atoms with Crippen LogP contribution in [0.15, 0.2) is 35.2 Å². The van der Waals surface area contributed by atoms with Crippen LogP contribution in [0.2, 0.25) is 15.1 Å². The number of hydrogen-bond acceptors (Lipinski definition) is 4. The molecule has 0 aliphatic carbocycles. The molecule has 0 atom stereocenters. The van der Waals surface area contributed by atoms with E-state index in [1.807, 2.05) is 6.07 Å². The molecule has 0 radical (unpaired) electrons. The van der Waals surface area contributed by atoms with Crippen molar-refractivity contribution in [2.45, 2.75) is 30.6 Å². The van der Waals surface area contributed by atoms with Crippen molar-refractivity contribution >= 4 is 56.2 Å². The summed E-state index contributed by atoms with van der Waals surface area (Å²) in [5.41, 5.74) is 1.73. The monoisotopic (exact) mass is 475 g/mol. The zero-order valence-corrected chi connectivity index (χ0v) is 18.8. The number of sulfone groups is 1. The minimum atomic E-state index is -3.33. The maximum absolute atomic E-state index is 12.7. The molecular weight excluding hydrogens is 457 g/mol. The van der Waals surface area contributed by atoms with Gasteiger partial charge in [-0.15, -0.1) is 0 Å². The van der Waals surface area contributed by atoms with E-state index in [4.69, 9.17) is 39.5 Å². The molecule has 9 heteroatoms. The van der Waals surface area contributed by atoms with Crippen LogP contribution in [0.3, 0.4) is 0 Å². The Hall–Kier alpha value is -1.47. The fourth-order valence-electron chi connectivity index (χ4n) is 3.27. The van der Waals surface area contributed by atoms with E-state index in [0.717, 1.165) is 30.3 Å². The molecule has 1 amide bonds. The summed E-state index contributed by atoms with van der Waals surface area (Å²) < 4.78 is 28.7. The van der Waals surface area contributed by atoms with Gasteiger partial charge < -0.3 is 9.64 Å². The highest BCUT2D eigenvalue weighted by atomic mass is 35.5. The van der Waals surface area contributed by atoms with E-state index in [1.54, 1.807) is 11.0 Å². The second kappa shape index (κ2) is 9.13. The van der Waals surface area contributed by atoms with Gasteiger partial charge in [0.25, 0.3) is 0 Å². The van der Waals surface area contributed by atoms with Crippen molar-refractivity contribution in [2.75, 3.05) is 24.3 Å². The molecule has 0 saturated carbocycles. The van der Waals surface area contributed by atoms with Gasteiger partial charge in [0.05, 0.1) is 27.2 Å². The van der Waals surface area contributed by atoms with Crippen LogP contribution in [-0.4, -0.2) is 33.7 Å². The van der Waals surface area contributed by atoms with Gasteiger partial charge in [-0.1, -0.05) is 34.8 Å². The van der Waals surface area contributed by atoms with Crippen molar-refractivity contribution in [3.63, 3.8) is 0 Å². The largest absolute Gasteiger partial charge is 0.492 e. The van der Waals surface area contributed by atoms with Crippen molar-refractivity contribution in [1.29, 1.82) is 0 Å². The lowest BCUT2D eigenvalue weighted by Gasteiger charge is -2.30. The normalized spacial score (nSPS) is 13.9. The summed E-state index contributed by atoms with van der Waals surface area (Å²) in [4.78, 5) is 14.6. The number of fused-ring (bicyclic) bond motifs is 1. The maximum atomic E-state index is 12.7. The van der Waals surface area contributed by atoms with Crippen LogP contribution in [0.5, 0.6) is 5.75 Å². The van der Waals surface area contributed by atoms with Gasteiger partial charge in [0.1, 0.15) is 5.75 Å². The molecule has 1 aliphatic rings. The van der Waals surface area contributed by atoms with Crippen LogP contribution >= 0.6 is 34.8 Å². The number of hydrogen-bond donors (Lipinski definition) is 0.